The van der Waals surface area contributed by atoms with E-state index < -0.39 is 0 Å². The minimum Gasteiger partial charge on any atom is -0.399 e. The van der Waals surface area contributed by atoms with E-state index in [1.54, 1.807) is 12.1 Å². The number of hydrogen-bond acceptors (Lipinski definition) is 6. The molecular formula is C12H14N6. The van der Waals surface area contributed by atoms with Crippen molar-refractivity contribution in [1.29, 1.82) is 0 Å². The van der Waals surface area contributed by atoms with Gasteiger partial charge < -0.3 is 16.8 Å². The fourth-order valence-electron chi connectivity index (χ4n) is 1.33. The molecule has 2 aromatic rings. The molecule has 0 aliphatic carbocycles. The molecule has 0 fully saturated rings. The van der Waals surface area contributed by atoms with Gasteiger partial charge in [-0.2, -0.15) is 15.0 Å². The van der Waals surface area contributed by atoms with E-state index in [-0.39, 0.29) is 5.95 Å². The molecular weight excluding hydrogens is 228 g/mol. The molecule has 1 aromatic heterocycles. The van der Waals surface area contributed by atoms with Gasteiger partial charge in [0.05, 0.1) is 0 Å². The zero-order chi connectivity index (χ0) is 13.1. The van der Waals surface area contributed by atoms with E-state index >= 15 is 0 Å². The molecule has 2 rings (SSSR count). The molecule has 0 unspecified atom stereocenters. The first-order chi connectivity index (χ1) is 8.54. The van der Waals surface area contributed by atoms with Crippen LogP contribution in [0.5, 0.6) is 0 Å². The van der Waals surface area contributed by atoms with Crippen LogP contribution in [-0.4, -0.2) is 15.0 Å². The number of nitrogen functional groups attached to an aromatic ring is 2. The van der Waals surface area contributed by atoms with Gasteiger partial charge in [0, 0.05) is 11.4 Å². The summed E-state index contributed by atoms with van der Waals surface area (Å²) >= 11 is 0. The molecule has 6 nitrogen and oxygen atoms in total. The third-order valence-corrected chi connectivity index (χ3v) is 2.20. The maximum atomic E-state index is 5.61. The minimum atomic E-state index is 0.154. The van der Waals surface area contributed by atoms with Crippen LogP contribution in [0.4, 0.5) is 23.3 Å². The predicted octanol–water partition coefficient (Wildman–Crippen LogP) is 1.81. The van der Waals surface area contributed by atoms with Crippen molar-refractivity contribution >= 4 is 28.8 Å². The van der Waals surface area contributed by atoms with Crippen LogP contribution >= 0.6 is 0 Å². The van der Waals surface area contributed by atoms with Gasteiger partial charge in [-0.1, -0.05) is 6.58 Å². The molecule has 92 valence electrons. The number of nitrogens with two attached hydrogens (primary N) is 2. The Kier molecular flexibility index (Phi) is 3.09. The first-order valence-corrected chi connectivity index (χ1v) is 5.34. The van der Waals surface area contributed by atoms with Gasteiger partial charge in [-0.15, -0.1) is 0 Å². The largest absolute Gasteiger partial charge is 0.399 e. The van der Waals surface area contributed by atoms with Gasteiger partial charge in [-0.05, 0) is 36.8 Å². The topological polar surface area (TPSA) is 103 Å². The Morgan fingerprint density at radius 1 is 1.11 bits per heavy atom. The summed E-state index contributed by atoms with van der Waals surface area (Å²) in [6.45, 7) is 5.58. The third-order valence-electron chi connectivity index (χ3n) is 2.20. The van der Waals surface area contributed by atoms with Crippen LogP contribution in [0.25, 0.3) is 5.57 Å². The van der Waals surface area contributed by atoms with E-state index in [1.165, 1.54) is 0 Å². The number of allylic oxidation sites excluding steroid dienone is 1. The lowest BCUT2D eigenvalue weighted by Crippen LogP contribution is -2.06. The summed E-state index contributed by atoms with van der Waals surface area (Å²) in [4.78, 5) is 12.2. The molecule has 1 aromatic carbocycles. The molecule has 5 N–H and O–H groups in total. The smallest absolute Gasteiger partial charge is 0.232 e. The van der Waals surface area contributed by atoms with Crippen LogP contribution < -0.4 is 16.8 Å². The highest BCUT2D eigenvalue weighted by molar-refractivity contribution is 5.60. The van der Waals surface area contributed by atoms with E-state index in [2.05, 4.69) is 26.8 Å². The summed E-state index contributed by atoms with van der Waals surface area (Å²) in [5.41, 5.74) is 13.5. The Bertz CT molecular complexity index is 576. The van der Waals surface area contributed by atoms with E-state index in [0.29, 0.717) is 17.5 Å². The SMILES string of the molecule is C=C(C)c1nc(N)nc(Nc2ccc(N)cc2)n1. The number of nitrogens with zero attached hydrogens (tertiary/aromatic N) is 3. The average Bonchev–Trinajstić information content (AvgIpc) is 2.31. The monoisotopic (exact) mass is 242 g/mol. The fourth-order valence-corrected chi connectivity index (χ4v) is 1.33. The molecule has 6 heteroatoms. The number of aromatic nitrogens is 3. The van der Waals surface area contributed by atoms with E-state index in [0.717, 1.165) is 11.3 Å². The third kappa shape index (κ3) is 2.73. The Balaban J connectivity index is 2.28. The van der Waals surface area contributed by atoms with E-state index in [9.17, 15) is 0 Å². The van der Waals surface area contributed by atoms with E-state index in [1.807, 2.05) is 19.1 Å². The summed E-state index contributed by atoms with van der Waals surface area (Å²) in [7, 11) is 0. The van der Waals surface area contributed by atoms with Crippen molar-refractivity contribution in [2.45, 2.75) is 6.92 Å². The van der Waals surface area contributed by atoms with Crippen molar-refractivity contribution in [2.75, 3.05) is 16.8 Å². The van der Waals surface area contributed by atoms with Crippen LogP contribution in [0, 0.1) is 0 Å². The zero-order valence-corrected chi connectivity index (χ0v) is 10.0. The number of rotatable bonds is 3. The summed E-state index contributed by atoms with van der Waals surface area (Å²) in [5.74, 6) is 1.01. The fraction of sp³-hybridized carbons (Fsp3) is 0.0833. The molecule has 0 bridgehead atoms. The standard InChI is InChI=1S/C12H14N6/c1-7(2)10-16-11(14)18-12(17-10)15-9-5-3-8(13)4-6-9/h3-6H,1,13H2,2H3,(H3,14,15,16,17,18). The molecule has 0 aliphatic rings. The van der Waals surface area contributed by atoms with Crippen LogP contribution in [0.2, 0.25) is 0 Å². The molecule has 0 amide bonds. The summed E-state index contributed by atoms with van der Waals surface area (Å²) < 4.78 is 0. The Labute approximate surface area is 105 Å². The Hall–Kier alpha value is -2.63. The first kappa shape index (κ1) is 11.8. The second kappa shape index (κ2) is 4.70. The van der Waals surface area contributed by atoms with Crippen LogP contribution in [-0.2, 0) is 0 Å². The van der Waals surface area contributed by atoms with Crippen molar-refractivity contribution in [1.82, 2.24) is 15.0 Å². The van der Waals surface area contributed by atoms with Gasteiger partial charge in [0.2, 0.25) is 11.9 Å². The normalized spacial score (nSPS) is 10.1. The van der Waals surface area contributed by atoms with Gasteiger partial charge >= 0.3 is 0 Å². The molecule has 0 saturated carbocycles. The summed E-state index contributed by atoms with van der Waals surface area (Å²) in [5, 5.41) is 3.03. The predicted molar refractivity (Wildman–Crippen MR) is 73.1 cm³/mol. The van der Waals surface area contributed by atoms with Gasteiger partial charge in [0.25, 0.3) is 0 Å². The number of nitrogens with one attached hydrogen (secondary N) is 1. The first-order valence-electron chi connectivity index (χ1n) is 5.34. The van der Waals surface area contributed by atoms with Crippen molar-refractivity contribution in [3.63, 3.8) is 0 Å². The highest BCUT2D eigenvalue weighted by atomic mass is 15.2. The lowest BCUT2D eigenvalue weighted by Gasteiger charge is -2.07. The van der Waals surface area contributed by atoms with Crippen molar-refractivity contribution in [3.8, 4) is 0 Å². The summed E-state index contributed by atoms with van der Waals surface area (Å²) in [6, 6.07) is 7.23. The molecule has 18 heavy (non-hydrogen) atoms. The van der Waals surface area contributed by atoms with Gasteiger partial charge in [-0.3, -0.25) is 0 Å². The number of benzene rings is 1. The Morgan fingerprint density at radius 3 is 2.39 bits per heavy atom. The van der Waals surface area contributed by atoms with Gasteiger partial charge in [-0.25, -0.2) is 0 Å². The highest BCUT2D eigenvalue weighted by Crippen LogP contribution is 2.16. The second-order valence-corrected chi connectivity index (χ2v) is 3.87. The van der Waals surface area contributed by atoms with Crippen molar-refractivity contribution in [2.24, 2.45) is 0 Å². The molecule has 1 heterocycles. The molecule has 0 aliphatic heterocycles. The summed E-state index contributed by atoms with van der Waals surface area (Å²) in [6.07, 6.45) is 0. The Morgan fingerprint density at radius 2 is 1.78 bits per heavy atom. The van der Waals surface area contributed by atoms with Gasteiger partial charge in [0.1, 0.15) is 0 Å². The zero-order valence-electron chi connectivity index (χ0n) is 10.0. The molecule has 0 saturated heterocycles. The second-order valence-electron chi connectivity index (χ2n) is 3.87. The van der Waals surface area contributed by atoms with Crippen LogP contribution in [0.3, 0.4) is 0 Å². The molecule has 0 radical (unpaired) electrons. The van der Waals surface area contributed by atoms with Crippen molar-refractivity contribution < 1.29 is 0 Å². The number of hydrogen-bond donors (Lipinski definition) is 3. The minimum absolute atomic E-state index is 0.154. The van der Waals surface area contributed by atoms with Gasteiger partial charge in [0.15, 0.2) is 5.82 Å². The lowest BCUT2D eigenvalue weighted by atomic mass is 10.3. The maximum absolute atomic E-state index is 5.61. The maximum Gasteiger partial charge on any atom is 0.232 e. The number of anilines is 4. The molecule has 0 atom stereocenters. The van der Waals surface area contributed by atoms with E-state index in [4.69, 9.17) is 11.5 Å². The van der Waals surface area contributed by atoms with Crippen LogP contribution in [0.1, 0.15) is 12.7 Å². The molecule has 0 spiro atoms. The van der Waals surface area contributed by atoms with Crippen LogP contribution in [0.15, 0.2) is 30.8 Å². The quantitative estimate of drug-likeness (QED) is 0.709. The lowest BCUT2D eigenvalue weighted by molar-refractivity contribution is 1.04. The average molecular weight is 242 g/mol. The highest BCUT2D eigenvalue weighted by Gasteiger charge is 2.05. The van der Waals surface area contributed by atoms with Crippen molar-refractivity contribution in [3.05, 3.63) is 36.7 Å².